The normalized spacial score (nSPS) is 14.3. The molecule has 0 spiro atoms. The minimum atomic E-state index is -0.242. The Labute approximate surface area is 162 Å². The summed E-state index contributed by atoms with van der Waals surface area (Å²) < 4.78 is 5.40. The van der Waals surface area contributed by atoms with Gasteiger partial charge in [0.25, 0.3) is 5.91 Å². The van der Waals surface area contributed by atoms with Crippen LogP contribution >= 0.6 is 11.6 Å². The number of halogens is 1. The van der Waals surface area contributed by atoms with E-state index in [0.29, 0.717) is 36.0 Å². The van der Waals surface area contributed by atoms with Gasteiger partial charge in [-0.1, -0.05) is 35.9 Å². The lowest BCUT2D eigenvalue weighted by atomic mass is 10.2. The largest absolute Gasteiger partial charge is 0.378 e. The zero-order valence-electron chi connectivity index (χ0n) is 14.7. The van der Waals surface area contributed by atoms with Crippen molar-refractivity contribution in [3.8, 4) is 0 Å². The Morgan fingerprint density at radius 3 is 2.85 bits per heavy atom. The fourth-order valence-corrected chi connectivity index (χ4v) is 3.36. The van der Waals surface area contributed by atoms with Crippen LogP contribution in [0.5, 0.6) is 0 Å². The van der Waals surface area contributed by atoms with Crippen LogP contribution in [0.25, 0.3) is 10.9 Å². The van der Waals surface area contributed by atoms with Gasteiger partial charge in [0.1, 0.15) is 11.5 Å². The van der Waals surface area contributed by atoms with Gasteiger partial charge in [0, 0.05) is 36.8 Å². The quantitative estimate of drug-likeness (QED) is 0.751. The zero-order valence-corrected chi connectivity index (χ0v) is 15.4. The summed E-state index contributed by atoms with van der Waals surface area (Å²) in [6, 6.07) is 13.0. The molecule has 1 amide bonds. The number of pyridine rings is 2. The predicted molar refractivity (Wildman–Crippen MR) is 105 cm³/mol. The van der Waals surface area contributed by atoms with Gasteiger partial charge in [-0.05, 0) is 18.2 Å². The maximum Gasteiger partial charge on any atom is 0.270 e. The maximum absolute atomic E-state index is 12.6. The lowest BCUT2D eigenvalue weighted by Gasteiger charge is -2.29. The van der Waals surface area contributed by atoms with Crippen molar-refractivity contribution >= 4 is 34.2 Å². The second-order valence-electron chi connectivity index (χ2n) is 6.28. The predicted octanol–water partition coefficient (Wildman–Crippen LogP) is 3.05. The van der Waals surface area contributed by atoms with E-state index in [1.807, 2.05) is 30.3 Å². The van der Waals surface area contributed by atoms with E-state index in [2.05, 4.69) is 20.2 Å². The molecule has 1 N–H and O–H groups in total. The lowest BCUT2D eigenvalue weighted by molar-refractivity contribution is 0.0946. The van der Waals surface area contributed by atoms with Gasteiger partial charge >= 0.3 is 0 Å². The average molecular weight is 383 g/mol. The molecule has 4 rings (SSSR count). The summed E-state index contributed by atoms with van der Waals surface area (Å²) in [6.45, 7) is 3.33. The number of nitrogens with zero attached hydrogens (tertiary/aromatic N) is 3. The number of rotatable bonds is 4. The Bertz CT molecular complexity index is 973. The zero-order chi connectivity index (χ0) is 18.6. The van der Waals surface area contributed by atoms with Crippen molar-refractivity contribution in [1.29, 1.82) is 0 Å². The number of benzene rings is 1. The molecular formula is C20H19ClN4O2. The number of fused-ring (bicyclic) bond motifs is 1. The minimum absolute atomic E-state index is 0.242. The molecule has 7 heteroatoms. The second-order valence-corrected chi connectivity index (χ2v) is 6.68. The van der Waals surface area contributed by atoms with E-state index < -0.39 is 0 Å². The van der Waals surface area contributed by atoms with Crippen LogP contribution in [0.1, 0.15) is 16.1 Å². The van der Waals surface area contributed by atoms with Crippen LogP contribution in [-0.4, -0.2) is 42.2 Å². The third-order valence-corrected chi connectivity index (χ3v) is 4.83. The van der Waals surface area contributed by atoms with Crippen LogP contribution < -0.4 is 10.2 Å². The lowest BCUT2D eigenvalue weighted by Crippen LogP contribution is -2.37. The van der Waals surface area contributed by atoms with Gasteiger partial charge in [-0.2, -0.15) is 0 Å². The maximum atomic E-state index is 12.6. The molecule has 0 aliphatic carbocycles. The van der Waals surface area contributed by atoms with Crippen LogP contribution in [0.4, 0.5) is 5.82 Å². The van der Waals surface area contributed by atoms with Crippen molar-refractivity contribution in [2.75, 3.05) is 31.2 Å². The Kier molecular flexibility index (Phi) is 5.18. The van der Waals surface area contributed by atoms with Crippen molar-refractivity contribution in [3.63, 3.8) is 0 Å². The summed E-state index contributed by atoms with van der Waals surface area (Å²) in [5, 5.41) is 4.37. The molecule has 0 atom stereocenters. The summed E-state index contributed by atoms with van der Waals surface area (Å²) >= 11 is 6.20. The first-order chi connectivity index (χ1) is 13.2. The average Bonchev–Trinajstić information content (AvgIpc) is 2.73. The van der Waals surface area contributed by atoms with E-state index in [1.165, 1.54) is 0 Å². The van der Waals surface area contributed by atoms with Crippen molar-refractivity contribution < 1.29 is 9.53 Å². The highest BCUT2D eigenvalue weighted by Crippen LogP contribution is 2.22. The molecule has 1 aliphatic rings. The topological polar surface area (TPSA) is 67.4 Å². The summed E-state index contributed by atoms with van der Waals surface area (Å²) in [5.74, 6) is 0.643. The highest BCUT2D eigenvalue weighted by molar-refractivity contribution is 6.35. The number of hydrogen-bond acceptors (Lipinski definition) is 5. The fraction of sp³-hybridized carbons (Fsp3) is 0.250. The Morgan fingerprint density at radius 1 is 1.15 bits per heavy atom. The first-order valence-corrected chi connectivity index (χ1v) is 9.20. The van der Waals surface area contributed by atoms with Gasteiger partial charge < -0.3 is 15.0 Å². The summed E-state index contributed by atoms with van der Waals surface area (Å²) in [7, 11) is 0. The van der Waals surface area contributed by atoms with E-state index in [9.17, 15) is 4.79 Å². The molecule has 1 aliphatic heterocycles. The van der Waals surface area contributed by atoms with E-state index in [1.54, 1.807) is 18.3 Å². The first kappa shape index (κ1) is 17.7. The number of morpholine rings is 1. The summed E-state index contributed by atoms with van der Waals surface area (Å²) in [5.41, 5.74) is 1.93. The molecule has 0 bridgehead atoms. The number of ether oxygens (including phenoxy) is 1. The van der Waals surface area contributed by atoms with Crippen molar-refractivity contribution in [3.05, 3.63) is 64.9 Å². The third kappa shape index (κ3) is 3.86. The number of amides is 1. The summed E-state index contributed by atoms with van der Waals surface area (Å²) in [6.07, 6.45) is 1.77. The molecule has 1 fully saturated rings. The van der Waals surface area contributed by atoms with Gasteiger partial charge in [-0.15, -0.1) is 0 Å². The van der Waals surface area contributed by atoms with Crippen LogP contribution in [0, 0.1) is 0 Å². The molecule has 6 nitrogen and oxygen atoms in total. The van der Waals surface area contributed by atoms with Crippen LogP contribution in [0.3, 0.4) is 0 Å². The molecule has 3 heterocycles. The highest BCUT2D eigenvalue weighted by atomic mass is 35.5. The Balaban J connectivity index is 1.51. The van der Waals surface area contributed by atoms with Crippen molar-refractivity contribution in [2.45, 2.75) is 6.54 Å². The number of para-hydroxylation sites is 1. The molecule has 0 unspecified atom stereocenters. The molecule has 0 saturated carbocycles. The van der Waals surface area contributed by atoms with E-state index in [0.717, 1.165) is 29.9 Å². The number of aromatic nitrogens is 2. The third-order valence-electron chi connectivity index (χ3n) is 4.52. The molecule has 138 valence electrons. The smallest absolute Gasteiger partial charge is 0.270 e. The standard InChI is InChI=1S/C20H19ClN4O2/c21-16-5-1-3-14-6-7-17(24-18(14)16)20(26)23-13-15-4-2-8-22-19(15)25-9-11-27-12-10-25/h1-8H,9-13H2,(H,23,26). The Hall–Kier alpha value is -2.70. The minimum Gasteiger partial charge on any atom is -0.378 e. The molecule has 1 aromatic carbocycles. The number of anilines is 1. The molecule has 2 aromatic heterocycles. The number of carbonyl (C=O) groups is 1. The van der Waals surface area contributed by atoms with E-state index in [4.69, 9.17) is 16.3 Å². The number of carbonyl (C=O) groups excluding carboxylic acids is 1. The van der Waals surface area contributed by atoms with E-state index >= 15 is 0 Å². The van der Waals surface area contributed by atoms with Crippen molar-refractivity contribution in [2.24, 2.45) is 0 Å². The molecule has 27 heavy (non-hydrogen) atoms. The number of hydrogen-bond donors (Lipinski definition) is 1. The second kappa shape index (κ2) is 7.90. The molecule has 1 saturated heterocycles. The SMILES string of the molecule is O=C(NCc1cccnc1N1CCOCC1)c1ccc2cccc(Cl)c2n1. The monoisotopic (exact) mass is 382 g/mol. The van der Waals surface area contributed by atoms with Gasteiger partial charge in [0.2, 0.25) is 0 Å². The van der Waals surface area contributed by atoms with Gasteiger partial charge in [0.15, 0.2) is 0 Å². The molecular weight excluding hydrogens is 364 g/mol. The van der Waals surface area contributed by atoms with Crippen LogP contribution in [-0.2, 0) is 11.3 Å². The highest BCUT2D eigenvalue weighted by Gasteiger charge is 2.17. The van der Waals surface area contributed by atoms with Crippen molar-refractivity contribution in [1.82, 2.24) is 15.3 Å². The van der Waals surface area contributed by atoms with E-state index in [-0.39, 0.29) is 5.91 Å². The van der Waals surface area contributed by atoms with Gasteiger partial charge in [0.05, 0.1) is 23.8 Å². The Morgan fingerprint density at radius 2 is 2.00 bits per heavy atom. The van der Waals surface area contributed by atoms with Crippen LogP contribution in [0.2, 0.25) is 5.02 Å². The molecule has 3 aromatic rings. The van der Waals surface area contributed by atoms with Gasteiger partial charge in [-0.25, -0.2) is 9.97 Å². The summed E-state index contributed by atoms with van der Waals surface area (Å²) in [4.78, 5) is 23.7. The first-order valence-electron chi connectivity index (χ1n) is 8.82. The molecule has 0 radical (unpaired) electrons. The van der Waals surface area contributed by atoms with Gasteiger partial charge in [-0.3, -0.25) is 4.79 Å². The number of nitrogens with one attached hydrogen (secondary N) is 1. The fourth-order valence-electron chi connectivity index (χ4n) is 3.13. The van der Waals surface area contributed by atoms with Crippen LogP contribution in [0.15, 0.2) is 48.7 Å².